The first-order valence-electron chi connectivity index (χ1n) is 19.1. The number of rotatable bonds is 19. The Balaban J connectivity index is 0.00000856. The second-order valence-corrected chi connectivity index (χ2v) is 13.8. The van der Waals surface area contributed by atoms with Crippen molar-refractivity contribution >= 4 is 46.8 Å². The highest BCUT2D eigenvalue weighted by Gasteiger charge is 2.31. The van der Waals surface area contributed by atoms with E-state index in [2.05, 4.69) is 26.6 Å². The normalized spacial score (nSPS) is 12.8. The molecule has 0 fully saturated rings. The van der Waals surface area contributed by atoms with Crippen molar-refractivity contribution in [3.8, 4) is 0 Å². The summed E-state index contributed by atoms with van der Waals surface area (Å²) in [6.07, 6.45) is -5.29. The number of amides is 6. The van der Waals surface area contributed by atoms with Crippen LogP contribution in [0.3, 0.4) is 0 Å². The van der Waals surface area contributed by atoms with Gasteiger partial charge in [-0.15, -0.1) is 0 Å². The van der Waals surface area contributed by atoms with Crippen LogP contribution < -0.4 is 31.5 Å². The van der Waals surface area contributed by atoms with Crippen molar-refractivity contribution in [1.29, 1.82) is 0 Å². The first kappa shape index (κ1) is 52.0. The number of carbonyl (C=O) groups excluding carboxylic acids is 6. The number of aliphatic hydroxyl groups is 7. The van der Waals surface area contributed by atoms with Crippen LogP contribution in [-0.4, -0.2) is 148 Å². The van der Waals surface area contributed by atoms with E-state index in [9.17, 15) is 59.4 Å². The van der Waals surface area contributed by atoms with Gasteiger partial charge < -0.3 is 67.2 Å². The fraction of sp³-hybridized carbons (Fsp3) is 0.550. The number of hydrogen-bond donors (Lipinski definition) is 12. The summed E-state index contributed by atoms with van der Waals surface area (Å²) in [5.74, 6) is -4.03. The van der Waals surface area contributed by atoms with Crippen LogP contribution in [0.5, 0.6) is 0 Å². The monoisotopic (exact) mass is 834 g/mol. The van der Waals surface area contributed by atoms with Gasteiger partial charge in [-0.1, -0.05) is 13.8 Å². The Morgan fingerprint density at radius 1 is 0.492 bits per heavy atom. The molecule has 0 spiro atoms. The molecule has 0 aliphatic heterocycles. The predicted octanol–water partition coefficient (Wildman–Crippen LogP) is -1.09. The van der Waals surface area contributed by atoms with E-state index >= 15 is 0 Å². The Morgan fingerprint density at radius 2 is 0.780 bits per heavy atom. The van der Waals surface area contributed by atoms with Gasteiger partial charge in [-0.25, -0.2) is 0 Å². The summed E-state index contributed by atoms with van der Waals surface area (Å²) in [7, 11) is 0. The molecule has 2 rings (SSSR count). The van der Waals surface area contributed by atoms with E-state index in [1.54, 1.807) is 13.8 Å². The second-order valence-electron chi connectivity index (χ2n) is 13.8. The minimum Gasteiger partial charge on any atom is -0.394 e. The van der Waals surface area contributed by atoms with Gasteiger partial charge in [0.05, 0.1) is 56.5 Å². The third-order valence-corrected chi connectivity index (χ3v) is 9.34. The molecule has 2 aromatic rings. The van der Waals surface area contributed by atoms with Crippen molar-refractivity contribution in [3.63, 3.8) is 0 Å². The first-order valence-corrected chi connectivity index (χ1v) is 19.1. The SMILES string of the molecule is CC.CC(=O)Nc1c(C)c(C(=O)NCC(O)CO)c(C)c(C(=O)NCC(O)CN(C(C)=O)c2c(C)c(C(=O)NCC(O)CO)c(C)c(C(=O)NCC(O)CO)c2C)c1C. The third kappa shape index (κ3) is 13.5. The van der Waals surface area contributed by atoms with E-state index < -0.39 is 92.8 Å². The van der Waals surface area contributed by atoms with Gasteiger partial charge in [0.1, 0.15) is 0 Å². The van der Waals surface area contributed by atoms with Crippen LogP contribution in [0.2, 0.25) is 0 Å². The number of nitrogens with zero attached hydrogens (tertiary/aromatic N) is 1. The van der Waals surface area contributed by atoms with Gasteiger partial charge in [0.25, 0.3) is 23.6 Å². The smallest absolute Gasteiger partial charge is 0.252 e. The molecule has 4 atom stereocenters. The summed E-state index contributed by atoms with van der Waals surface area (Å²) in [5.41, 5.74) is 1.68. The number of nitrogens with one attached hydrogen (secondary N) is 5. The largest absolute Gasteiger partial charge is 0.394 e. The van der Waals surface area contributed by atoms with E-state index in [1.165, 1.54) is 41.5 Å². The van der Waals surface area contributed by atoms with E-state index in [4.69, 9.17) is 5.11 Å². The second kappa shape index (κ2) is 24.2. The van der Waals surface area contributed by atoms with E-state index in [0.717, 1.165) is 4.90 Å². The van der Waals surface area contributed by atoms with Crippen molar-refractivity contribution in [2.24, 2.45) is 0 Å². The number of aliphatic hydroxyl groups excluding tert-OH is 7. The highest BCUT2D eigenvalue weighted by Crippen LogP contribution is 2.35. The van der Waals surface area contributed by atoms with Gasteiger partial charge in [-0.2, -0.15) is 0 Å². The molecule has 59 heavy (non-hydrogen) atoms. The van der Waals surface area contributed by atoms with Gasteiger partial charge in [0.15, 0.2) is 0 Å². The standard InChI is InChI=1S/C38H56N6O13.C2H6/c1-17-29(19(3)33(43-23(7)48)20(4)30(17)36(55)40-10-26(51)14-45)35(54)39-9-25(50)13-44(24(8)49)34-21(5)31(37(56)41-11-27(52)15-46)18(2)32(22(34)6)38(57)42-12-28(53)16-47;1-2/h25-28,45-47,50-53H,9-16H2,1-8H3,(H,39,54)(H,40,55)(H,41,56)(H,42,57)(H,43,48);1-2H3. The van der Waals surface area contributed by atoms with Gasteiger partial charge in [0, 0.05) is 68.0 Å². The zero-order chi connectivity index (χ0) is 45.5. The predicted molar refractivity (Wildman–Crippen MR) is 220 cm³/mol. The molecule has 19 heteroatoms. The average Bonchev–Trinajstić information content (AvgIpc) is 3.18. The van der Waals surface area contributed by atoms with Crippen LogP contribution in [0.25, 0.3) is 0 Å². The first-order chi connectivity index (χ1) is 27.6. The Kier molecular flexibility index (Phi) is 21.3. The molecule has 0 heterocycles. The fourth-order valence-electron chi connectivity index (χ4n) is 6.60. The lowest BCUT2D eigenvalue weighted by Gasteiger charge is -2.31. The Morgan fingerprint density at radius 3 is 1.05 bits per heavy atom. The van der Waals surface area contributed by atoms with Crippen LogP contribution in [0.1, 0.15) is 103 Å². The number of hydrogen-bond acceptors (Lipinski definition) is 13. The number of anilines is 2. The van der Waals surface area contributed by atoms with Crippen LogP contribution in [-0.2, 0) is 9.59 Å². The van der Waals surface area contributed by atoms with Crippen molar-refractivity contribution in [2.45, 2.75) is 93.7 Å². The zero-order valence-electron chi connectivity index (χ0n) is 35.5. The Hall–Kier alpha value is -5.02. The lowest BCUT2D eigenvalue weighted by Crippen LogP contribution is -2.43. The summed E-state index contributed by atoms with van der Waals surface area (Å²) in [4.78, 5) is 80.6. The fourth-order valence-corrected chi connectivity index (χ4v) is 6.60. The van der Waals surface area contributed by atoms with Gasteiger partial charge in [-0.05, 0) is 74.9 Å². The lowest BCUT2D eigenvalue weighted by atomic mass is 9.89. The molecule has 0 aliphatic rings. The summed E-state index contributed by atoms with van der Waals surface area (Å²) in [5, 5.41) is 81.1. The van der Waals surface area contributed by atoms with E-state index in [-0.39, 0.29) is 75.5 Å². The van der Waals surface area contributed by atoms with E-state index in [0.29, 0.717) is 11.1 Å². The van der Waals surface area contributed by atoms with Gasteiger partial charge >= 0.3 is 0 Å². The van der Waals surface area contributed by atoms with Crippen LogP contribution in [0.4, 0.5) is 11.4 Å². The van der Waals surface area contributed by atoms with Crippen molar-refractivity contribution in [3.05, 3.63) is 55.6 Å². The van der Waals surface area contributed by atoms with Crippen molar-refractivity contribution in [1.82, 2.24) is 21.3 Å². The van der Waals surface area contributed by atoms with Crippen LogP contribution >= 0.6 is 0 Å². The van der Waals surface area contributed by atoms with Gasteiger partial charge in [-0.3, -0.25) is 28.8 Å². The molecule has 19 nitrogen and oxygen atoms in total. The van der Waals surface area contributed by atoms with Crippen LogP contribution in [0.15, 0.2) is 0 Å². The summed E-state index contributed by atoms with van der Waals surface area (Å²) in [6.45, 7) is 11.8. The maximum absolute atomic E-state index is 13.8. The molecule has 4 unspecified atom stereocenters. The van der Waals surface area contributed by atoms with E-state index in [1.807, 2.05) is 13.8 Å². The topological polar surface area (TPSA) is 307 Å². The molecule has 330 valence electrons. The summed E-state index contributed by atoms with van der Waals surface area (Å²) in [6, 6.07) is 0. The molecule has 0 aliphatic carbocycles. The molecule has 0 radical (unpaired) electrons. The molecule has 0 bridgehead atoms. The summed E-state index contributed by atoms with van der Waals surface area (Å²) < 4.78 is 0. The molecular formula is C40H62N6O13. The minimum absolute atomic E-state index is 0.00185. The summed E-state index contributed by atoms with van der Waals surface area (Å²) >= 11 is 0. The van der Waals surface area contributed by atoms with Crippen molar-refractivity contribution < 1.29 is 64.5 Å². The lowest BCUT2D eigenvalue weighted by molar-refractivity contribution is -0.117. The highest BCUT2D eigenvalue weighted by atomic mass is 16.3. The Bertz CT molecular complexity index is 1800. The third-order valence-electron chi connectivity index (χ3n) is 9.34. The van der Waals surface area contributed by atoms with Crippen molar-refractivity contribution in [2.75, 3.05) is 62.8 Å². The molecule has 0 saturated heterocycles. The minimum atomic E-state index is -1.46. The highest BCUT2D eigenvalue weighted by molar-refractivity contribution is 6.09. The maximum atomic E-state index is 13.8. The molecular weight excluding hydrogens is 772 g/mol. The Labute approximate surface area is 344 Å². The van der Waals surface area contributed by atoms with Gasteiger partial charge in [0.2, 0.25) is 11.8 Å². The number of benzene rings is 2. The molecule has 0 aromatic heterocycles. The molecule has 2 aromatic carbocycles. The molecule has 0 saturated carbocycles. The average molecular weight is 835 g/mol. The quantitative estimate of drug-likeness (QED) is 0.0803. The molecule has 12 N–H and O–H groups in total. The number of carbonyl (C=O) groups is 6. The maximum Gasteiger partial charge on any atom is 0.252 e. The zero-order valence-corrected chi connectivity index (χ0v) is 35.5. The molecule has 6 amide bonds. The van der Waals surface area contributed by atoms with Crippen LogP contribution in [0, 0.1) is 41.5 Å².